The molecular weight excluding hydrogens is 331 g/mol. The fourth-order valence-electron chi connectivity index (χ4n) is 2.05. The van der Waals surface area contributed by atoms with Gasteiger partial charge in [0.15, 0.2) is 6.61 Å². The Morgan fingerprint density at radius 2 is 2.00 bits per heavy atom. The van der Waals surface area contributed by atoms with Crippen LogP contribution in [0, 0.1) is 5.82 Å². The van der Waals surface area contributed by atoms with Crippen LogP contribution in [0.4, 0.5) is 4.39 Å². The molecule has 0 aliphatic rings. The Labute approximate surface area is 141 Å². The number of phenols is 1. The normalized spacial score (nSPS) is 10.5. The summed E-state index contributed by atoms with van der Waals surface area (Å²) in [5.74, 6) is -0.654. The van der Waals surface area contributed by atoms with Gasteiger partial charge in [0.2, 0.25) is 5.82 Å². The Balaban J connectivity index is 1.66. The number of nitrogens with zero attached hydrogens (tertiary/aromatic N) is 2. The van der Waals surface area contributed by atoms with Crippen LogP contribution in [-0.4, -0.2) is 28.3 Å². The molecule has 0 saturated heterocycles. The molecule has 0 aliphatic carbocycles. The van der Waals surface area contributed by atoms with E-state index in [9.17, 15) is 14.3 Å². The van der Waals surface area contributed by atoms with E-state index in [1.54, 1.807) is 0 Å². The number of halogens is 1. The van der Waals surface area contributed by atoms with Gasteiger partial charge in [0.05, 0.1) is 7.11 Å². The first-order chi connectivity index (χ1) is 12.1. The summed E-state index contributed by atoms with van der Waals surface area (Å²) in [6.07, 6.45) is 0. The van der Waals surface area contributed by atoms with Crippen molar-refractivity contribution < 1.29 is 28.3 Å². The first kappa shape index (κ1) is 16.4. The van der Waals surface area contributed by atoms with E-state index in [1.165, 1.54) is 49.6 Å². The van der Waals surface area contributed by atoms with Crippen LogP contribution in [0.2, 0.25) is 0 Å². The van der Waals surface area contributed by atoms with Crippen molar-refractivity contribution in [1.29, 1.82) is 0 Å². The first-order valence-corrected chi connectivity index (χ1v) is 7.19. The molecule has 0 bridgehead atoms. The third kappa shape index (κ3) is 3.74. The second kappa shape index (κ2) is 7.00. The summed E-state index contributed by atoms with van der Waals surface area (Å²) < 4.78 is 27.9. The first-order valence-electron chi connectivity index (χ1n) is 7.19. The average Bonchev–Trinajstić information content (AvgIpc) is 3.09. The summed E-state index contributed by atoms with van der Waals surface area (Å²) in [4.78, 5) is 16.1. The Kier molecular flexibility index (Phi) is 4.60. The van der Waals surface area contributed by atoms with E-state index in [1.807, 2.05) is 0 Å². The number of hydrogen-bond donors (Lipinski definition) is 1. The highest BCUT2D eigenvalue weighted by atomic mass is 19.1. The third-order valence-corrected chi connectivity index (χ3v) is 3.32. The Bertz CT molecular complexity index is 892. The second-order valence-corrected chi connectivity index (χ2v) is 4.98. The molecule has 0 amide bonds. The number of benzene rings is 2. The van der Waals surface area contributed by atoms with Gasteiger partial charge in [0.1, 0.15) is 22.9 Å². The molecule has 8 heteroatoms. The molecule has 0 spiro atoms. The average molecular weight is 344 g/mol. The zero-order chi connectivity index (χ0) is 17.8. The highest BCUT2D eigenvalue weighted by Crippen LogP contribution is 2.24. The van der Waals surface area contributed by atoms with Gasteiger partial charge in [-0.3, -0.25) is 0 Å². The molecule has 0 radical (unpaired) electrons. The van der Waals surface area contributed by atoms with Crippen LogP contribution in [0.15, 0.2) is 47.0 Å². The standard InChI is InChI=1S/C17H13FN2O5/c1-23-12-6-7-13(14(21)8-12)17(22)24-9-15-19-16(20-25-15)10-2-4-11(18)5-3-10/h2-8,21H,9H2,1H3. The predicted molar refractivity (Wildman–Crippen MR) is 83.5 cm³/mol. The van der Waals surface area contributed by atoms with Crippen molar-refractivity contribution in [3.8, 4) is 22.9 Å². The molecule has 0 unspecified atom stereocenters. The van der Waals surface area contributed by atoms with Crippen molar-refractivity contribution in [2.45, 2.75) is 6.61 Å². The minimum absolute atomic E-state index is 0.0147. The van der Waals surface area contributed by atoms with Crippen LogP contribution < -0.4 is 4.74 Å². The lowest BCUT2D eigenvalue weighted by Crippen LogP contribution is -2.06. The van der Waals surface area contributed by atoms with E-state index in [2.05, 4.69) is 10.1 Å². The number of carbonyl (C=O) groups excluding carboxylic acids is 1. The van der Waals surface area contributed by atoms with Gasteiger partial charge < -0.3 is 19.1 Å². The molecule has 1 aromatic heterocycles. The SMILES string of the molecule is COc1ccc(C(=O)OCc2nc(-c3ccc(F)cc3)no2)c(O)c1. The van der Waals surface area contributed by atoms with E-state index >= 15 is 0 Å². The predicted octanol–water partition coefficient (Wildman–Crippen LogP) is 2.95. The fraction of sp³-hybridized carbons (Fsp3) is 0.118. The van der Waals surface area contributed by atoms with Crippen LogP contribution in [-0.2, 0) is 11.3 Å². The topological polar surface area (TPSA) is 94.7 Å². The summed E-state index contributed by atoms with van der Waals surface area (Å²) in [6.45, 7) is -0.265. The van der Waals surface area contributed by atoms with E-state index in [0.29, 0.717) is 11.3 Å². The van der Waals surface area contributed by atoms with Gasteiger partial charge >= 0.3 is 5.97 Å². The van der Waals surface area contributed by atoms with Crippen molar-refractivity contribution in [1.82, 2.24) is 10.1 Å². The quantitative estimate of drug-likeness (QED) is 0.711. The number of methoxy groups -OCH3 is 1. The third-order valence-electron chi connectivity index (χ3n) is 3.32. The second-order valence-electron chi connectivity index (χ2n) is 4.98. The lowest BCUT2D eigenvalue weighted by Gasteiger charge is -2.06. The van der Waals surface area contributed by atoms with Crippen LogP contribution in [0.5, 0.6) is 11.5 Å². The Morgan fingerprint density at radius 1 is 1.24 bits per heavy atom. The zero-order valence-electron chi connectivity index (χ0n) is 13.1. The van der Waals surface area contributed by atoms with Gasteiger partial charge in [-0.15, -0.1) is 0 Å². The number of esters is 1. The maximum atomic E-state index is 12.9. The Hall–Kier alpha value is -3.42. The molecule has 0 aliphatic heterocycles. The molecule has 2 aromatic carbocycles. The minimum Gasteiger partial charge on any atom is -0.507 e. The zero-order valence-corrected chi connectivity index (χ0v) is 13.1. The largest absolute Gasteiger partial charge is 0.507 e. The van der Waals surface area contributed by atoms with Gasteiger partial charge in [-0.1, -0.05) is 5.16 Å². The molecular formula is C17H13FN2O5. The molecule has 3 aromatic rings. The summed E-state index contributed by atoms with van der Waals surface area (Å²) in [6, 6.07) is 9.77. The summed E-state index contributed by atoms with van der Waals surface area (Å²) in [5, 5.41) is 13.5. The highest BCUT2D eigenvalue weighted by molar-refractivity contribution is 5.92. The Morgan fingerprint density at radius 3 is 2.68 bits per heavy atom. The van der Waals surface area contributed by atoms with E-state index < -0.39 is 5.97 Å². The maximum absolute atomic E-state index is 12.9. The monoisotopic (exact) mass is 344 g/mol. The number of hydrogen-bond acceptors (Lipinski definition) is 7. The minimum atomic E-state index is -0.748. The lowest BCUT2D eigenvalue weighted by molar-refractivity contribution is 0.0426. The summed E-state index contributed by atoms with van der Waals surface area (Å²) in [5.41, 5.74) is 0.551. The van der Waals surface area contributed by atoms with Gasteiger partial charge in [-0.05, 0) is 36.4 Å². The molecule has 0 atom stereocenters. The van der Waals surface area contributed by atoms with Crippen molar-refractivity contribution in [2.24, 2.45) is 0 Å². The van der Waals surface area contributed by atoms with Crippen LogP contribution in [0.25, 0.3) is 11.4 Å². The fourth-order valence-corrected chi connectivity index (χ4v) is 2.05. The van der Waals surface area contributed by atoms with Crippen LogP contribution in [0.1, 0.15) is 16.2 Å². The van der Waals surface area contributed by atoms with E-state index in [0.717, 1.165) is 0 Å². The molecule has 1 N–H and O–H groups in total. The number of ether oxygens (including phenoxy) is 2. The van der Waals surface area contributed by atoms with Gasteiger partial charge in [-0.2, -0.15) is 4.98 Å². The molecule has 3 rings (SSSR count). The molecule has 25 heavy (non-hydrogen) atoms. The summed E-state index contributed by atoms with van der Waals surface area (Å²) in [7, 11) is 1.45. The lowest BCUT2D eigenvalue weighted by atomic mass is 10.2. The maximum Gasteiger partial charge on any atom is 0.342 e. The van der Waals surface area contributed by atoms with Gasteiger partial charge in [0.25, 0.3) is 5.89 Å². The number of rotatable bonds is 5. The highest BCUT2D eigenvalue weighted by Gasteiger charge is 2.16. The van der Waals surface area contributed by atoms with Crippen molar-refractivity contribution in [2.75, 3.05) is 7.11 Å². The molecule has 0 saturated carbocycles. The number of carbonyl (C=O) groups is 1. The van der Waals surface area contributed by atoms with E-state index in [4.69, 9.17) is 14.0 Å². The van der Waals surface area contributed by atoms with Crippen molar-refractivity contribution in [3.05, 3.63) is 59.7 Å². The molecule has 7 nitrogen and oxygen atoms in total. The number of aromatic hydroxyl groups is 1. The van der Waals surface area contributed by atoms with Crippen molar-refractivity contribution >= 4 is 5.97 Å². The number of phenolic OH excluding ortho intramolecular Hbond substituents is 1. The van der Waals surface area contributed by atoms with Crippen LogP contribution >= 0.6 is 0 Å². The molecule has 0 fully saturated rings. The molecule has 1 heterocycles. The number of aromatic nitrogens is 2. The van der Waals surface area contributed by atoms with Gasteiger partial charge in [0, 0.05) is 11.6 Å². The molecule has 128 valence electrons. The van der Waals surface area contributed by atoms with Crippen molar-refractivity contribution in [3.63, 3.8) is 0 Å². The van der Waals surface area contributed by atoms with E-state index in [-0.39, 0.29) is 35.5 Å². The summed E-state index contributed by atoms with van der Waals surface area (Å²) >= 11 is 0. The van der Waals surface area contributed by atoms with Gasteiger partial charge in [-0.25, -0.2) is 9.18 Å². The smallest absolute Gasteiger partial charge is 0.342 e. The van der Waals surface area contributed by atoms with Crippen LogP contribution in [0.3, 0.4) is 0 Å².